The summed E-state index contributed by atoms with van der Waals surface area (Å²) in [4.78, 5) is 15.6. The Morgan fingerprint density at radius 2 is 2.16 bits per heavy atom. The van der Waals surface area contributed by atoms with Crippen molar-refractivity contribution in [1.82, 2.24) is 4.98 Å². The SMILES string of the molecule is COc1ccc(N)c(NC(=O)c2ccc(F)cn2)c1. The van der Waals surface area contributed by atoms with Crippen molar-refractivity contribution in [2.45, 2.75) is 0 Å². The zero-order valence-corrected chi connectivity index (χ0v) is 10.2. The topological polar surface area (TPSA) is 77.2 Å². The van der Waals surface area contributed by atoms with Gasteiger partial charge in [-0.3, -0.25) is 4.79 Å². The van der Waals surface area contributed by atoms with Crippen LogP contribution in [-0.4, -0.2) is 18.0 Å². The van der Waals surface area contributed by atoms with Gasteiger partial charge in [0.15, 0.2) is 0 Å². The molecule has 1 amide bonds. The quantitative estimate of drug-likeness (QED) is 0.829. The number of aromatic nitrogens is 1. The first-order valence-electron chi connectivity index (χ1n) is 5.46. The van der Waals surface area contributed by atoms with E-state index in [2.05, 4.69) is 10.3 Å². The molecule has 5 nitrogen and oxygen atoms in total. The van der Waals surface area contributed by atoms with Crippen LogP contribution < -0.4 is 15.8 Å². The fourth-order valence-electron chi connectivity index (χ4n) is 1.47. The number of nitrogens with one attached hydrogen (secondary N) is 1. The third-order valence-electron chi connectivity index (χ3n) is 2.47. The van der Waals surface area contributed by atoms with Crippen LogP contribution in [0.4, 0.5) is 15.8 Å². The minimum atomic E-state index is -0.502. The zero-order chi connectivity index (χ0) is 13.8. The van der Waals surface area contributed by atoms with E-state index in [0.29, 0.717) is 17.1 Å². The molecule has 0 fully saturated rings. The van der Waals surface area contributed by atoms with Gasteiger partial charge in [-0.25, -0.2) is 9.37 Å². The van der Waals surface area contributed by atoms with Gasteiger partial charge in [0, 0.05) is 6.07 Å². The van der Waals surface area contributed by atoms with Gasteiger partial charge in [0.25, 0.3) is 5.91 Å². The van der Waals surface area contributed by atoms with Crippen molar-refractivity contribution in [3.05, 3.63) is 48.0 Å². The van der Waals surface area contributed by atoms with Crippen molar-refractivity contribution in [1.29, 1.82) is 0 Å². The molecule has 0 aliphatic heterocycles. The highest BCUT2D eigenvalue weighted by atomic mass is 19.1. The smallest absolute Gasteiger partial charge is 0.274 e. The van der Waals surface area contributed by atoms with Crippen molar-refractivity contribution in [3.63, 3.8) is 0 Å². The number of carbonyl (C=O) groups is 1. The molecule has 0 spiro atoms. The van der Waals surface area contributed by atoms with E-state index in [1.807, 2.05) is 0 Å². The third-order valence-corrected chi connectivity index (χ3v) is 2.47. The van der Waals surface area contributed by atoms with E-state index in [0.717, 1.165) is 12.3 Å². The third kappa shape index (κ3) is 2.98. The maximum Gasteiger partial charge on any atom is 0.274 e. The molecule has 2 aromatic rings. The van der Waals surface area contributed by atoms with E-state index < -0.39 is 11.7 Å². The fraction of sp³-hybridized carbons (Fsp3) is 0.0769. The van der Waals surface area contributed by atoms with E-state index in [1.54, 1.807) is 18.2 Å². The number of ether oxygens (including phenoxy) is 1. The molecule has 19 heavy (non-hydrogen) atoms. The summed E-state index contributed by atoms with van der Waals surface area (Å²) in [5, 5.41) is 2.59. The lowest BCUT2D eigenvalue weighted by Gasteiger charge is -2.09. The summed E-state index contributed by atoms with van der Waals surface area (Å²) in [6, 6.07) is 7.35. The molecular formula is C13H12FN3O2. The average molecular weight is 261 g/mol. The number of nitrogens with zero attached hydrogens (tertiary/aromatic N) is 1. The van der Waals surface area contributed by atoms with Gasteiger partial charge in [-0.2, -0.15) is 0 Å². The predicted molar refractivity (Wildman–Crippen MR) is 69.6 cm³/mol. The highest BCUT2D eigenvalue weighted by molar-refractivity contribution is 6.04. The number of pyridine rings is 1. The van der Waals surface area contributed by atoms with Crippen LogP contribution in [0, 0.1) is 5.82 Å². The van der Waals surface area contributed by atoms with E-state index in [1.165, 1.54) is 13.2 Å². The van der Waals surface area contributed by atoms with Crippen LogP contribution in [0.5, 0.6) is 5.75 Å². The zero-order valence-electron chi connectivity index (χ0n) is 10.2. The van der Waals surface area contributed by atoms with Crippen LogP contribution >= 0.6 is 0 Å². The second-order valence-corrected chi connectivity index (χ2v) is 3.77. The molecule has 1 aromatic carbocycles. The molecule has 0 unspecified atom stereocenters. The Morgan fingerprint density at radius 3 is 2.79 bits per heavy atom. The largest absolute Gasteiger partial charge is 0.497 e. The molecule has 0 radical (unpaired) electrons. The molecule has 6 heteroatoms. The van der Waals surface area contributed by atoms with Crippen molar-refractivity contribution in [2.75, 3.05) is 18.2 Å². The summed E-state index contributed by atoms with van der Waals surface area (Å²) in [6.07, 6.45) is 0.976. The predicted octanol–water partition coefficient (Wildman–Crippen LogP) is 2.06. The Hall–Kier alpha value is -2.63. The van der Waals surface area contributed by atoms with Crippen LogP contribution in [0.3, 0.4) is 0 Å². The monoisotopic (exact) mass is 261 g/mol. The first-order valence-corrected chi connectivity index (χ1v) is 5.46. The Bertz CT molecular complexity index is 599. The fourth-order valence-corrected chi connectivity index (χ4v) is 1.47. The Morgan fingerprint density at radius 1 is 1.37 bits per heavy atom. The number of methoxy groups -OCH3 is 1. The van der Waals surface area contributed by atoms with Crippen molar-refractivity contribution in [3.8, 4) is 5.75 Å². The minimum absolute atomic E-state index is 0.101. The number of anilines is 2. The Kier molecular flexibility index (Phi) is 3.61. The van der Waals surface area contributed by atoms with Gasteiger partial charge in [-0.15, -0.1) is 0 Å². The molecule has 0 atom stereocenters. The molecule has 0 aliphatic carbocycles. The summed E-state index contributed by atoms with van der Waals surface area (Å²) < 4.78 is 17.7. The van der Waals surface area contributed by atoms with Gasteiger partial charge >= 0.3 is 0 Å². The maximum absolute atomic E-state index is 12.7. The first kappa shape index (κ1) is 12.8. The molecule has 0 saturated carbocycles. The van der Waals surface area contributed by atoms with Gasteiger partial charge in [-0.1, -0.05) is 0 Å². The number of carbonyl (C=O) groups excluding carboxylic acids is 1. The lowest BCUT2D eigenvalue weighted by molar-refractivity contribution is 0.102. The number of halogens is 1. The summed E-state index contributed by atoms with van der Waals surface area (Å²) in [5.74, 6) is -0.408. The Balaban J connectivity index is 2.21. The molecule has 0 saturated heterocycles. The summed E-state index contributed by atoms with van der Waals surface area (Å²) in [5.41, 5.74) is 6.66. The van der Waals surface area contributed by atoms with Crippen molar-refractivity contribution < 1.29 is 13.9 Å². The molecule has 1 heterocycles. The summed E-state index contributed by atoms with van der Waals surface area (Å²) >= 11 is 0. The van der Waals surface area contributed by atoms with Gasteiger partial charge in [0.2, 0.25) is 0 Å². The second-order valence-electron chi connectivity index (χ2n) is 3.77. The lowest BCUT2D eigenvalue weighted by atomic mass is 10.2. The first-order chi connectivity index (χ1) is 9.10. The van der Waals surface area contributed by atoms with Gasteiger partial charge in [0.1, 0.15) is 17.3 Å². The molecule has 0 aliphatic rings. The second kappa shape index (κ2) is 5.34. The van der Waals surface area contributed by atoms with Crippen molar-refractivity contribution >= 4 is 17.3 Å². The van der Waals surface area contributed by atoms with Gasteiger partial charge < -0.3 is 15.8 Å². The Labute approximate surface area is 109 Å². The number of amides is 1. The van der Waals surface area contributed by atoms with Crippen LogP contribution in [0.15, 0.2) is 36.5 Å². The summed E-state index contributed by atoms with van der Waals surface area (Å²) in [6.45, 7) is 0. The van der Waals surface area contributed by atoms with Crippen LogP contribution in [0.25, 0.3) is 0 Å². The molecule has 1 aromatic heterocycles. The molecular weight excluding hydrogens is 249 g/mol. The molecule has 3 N–H and O–H groups in total. The number of benzene rings is 1. The number of hydrogen-bond donors (Lipinski definition) is 2. The number of nitrogens with two attached hydrogens (primary N) is 1. The van der Waals surface area contributed by atoms with E-state index in [4.69, 9.17) is 10.5 Å². The maximum atomic E-state index is 12.7. The van der Waals surface area contributed by atoms with E-state index >= 15 is 0 Å². The minimum Gasteiger partial charge on any atom is -0.497 e. The number of nitrogen functional groups attached to an aromatic ring is 1. The summed E-state index contributed by atoms with van der Waals surface area (Å²) in [7, 11) is 1.51. The van der Waals surface area contributed by atoms with Gasteiger partial charge in [0.05, 0.1) is 24.7 Å². The lowest BCUT2D eigenvalue weighted by Crippen LogP contribution is -2.14. The highest BCUT2D eigenvalue weighted by Gasteiger charge is 2.10. The van der Waals surface area contributed by atoms with Crippen molar-refractivity contribution in [2.24, 2.45) is 0 Å². The highest BCUT2D eigenvalue weighted by Crippen LogP contribution is 2.24. The average Bonchev–Trinajstić information content (AvgIpc) is 2.42. The number of rotatable bonds is 3. The molecule has 2 rings (SSSR count). The molecule has 98 valence electrons. The van der Waals surface area contributed by atoms with Crippen LogP contribution in [0.1, 0.15) is 10.5 Å². The van der Waals surface area contributed by atoms with E-state index in [-0.39, 0.29) is 5.69 Å². The van der Waals surface area contributed by atoms with Gasteiger partial charge in [-0.05, 0) is 24.3 Å². The molecule has 0 bridgehead atoms. The normalized spacial score (nSPS) is 10.0. The van der Waals surface area contributed by atoms with Crippen LogP contribution in [-0.2, 0) is 0 Å². The number of hydrogen-bond acceptors (Lipinski definition) is 4. The van der Waals surface area contributed by atoms with Crippen LogP contribution in [0.2, 0.25) is 0 Å². The van der Waals surface area contributed by atoms with E-state index in [9.17, 15) is 9.18 Å². The standard InChI is InChI=1S/C13H12FN3O2/c1-19-9-3-4-10(15)12(6-9)17-13(18)11-5-2-8(14)7-16-11/h2-7H,15H2,1H3,(H,17,18).